The van der Waals surface area contributed by atoms with Crippen molar-refractivity contribution in [2.75, 3.05) is 19.8 Å². The maximum Gasteiger partial charge on any atom is 0.337 e. The maximum absolute atomic E-state index is 11.4. The fourth-order valence-corrected chi connectivity index (χ4v) is 1.11. The Morgan fingerprint density at radius 3 is 2.47 bits per heavy atom. The van der Waals surface area contributed by atoms with Crippen molar-refractivity contribution < 1.29 is 14.3 Å². The van der Waals surface area contributed by atoms with Crippen molar-refractivity contribution in [2.24, 2.45) is 5.73 Å². The number of hydrogen-bond donors (Lipinski definition) is 1. The first-order valence-electron chi connectivity index (χ1n) is 5.56. The molecule has 0 aromatic rings. The minimum atomic E-state index is -0.835. The summed E-state index contributed by atoms with van der Waals surface area (Å²) in [6, 6.07) is 0. The van der Waals surface area contributed by atoms with Gasteiger partial charge in [0.25, 0.3) is 0 Å². The van der Waals surface area contributed by atoms with Crippen molar-refractivity contribution in [2.45, 2.75) is 45.6 Å². The summed E-state index contributed by atoms with van der Waals surface area (Å²) >= 11 is 0. The van der Waals surface area contributed by atoms with Crippen LogP contribution in [-0.2, 0) is 14.3 Å². The van der Waals surface area contributed by atoms with E-state index in [1.165, 1.54) is 0 Å². The molecular formula is C11H23NO3. The number of nitrogens with two attached hydrogens (primary N) is 1. The zero-order valence-corrected chi connectivity index (χ0v) is 10.0. The second kappa shape index (κ2) is 7.65. The van der Waals surface area contributed by atoms with E-state index in [1.54, 1.807) is 20.8 Å². The van der Waals surface area contributed by atoms with E-state index in [2.05, 4.69) is 0 Å². The molecule has 0 aliphatic rings. The predicted molar refractivity (Wildman–Crippen MR) is 59.6 cm³/mol. The molecule has 0 spiro atoms. The topological polar surface area (TPSA) is 61.5 Å². The van der Waals surface area contributed by atoms with Crippen molar-refractivity contribution in [1.29, 1.82) is 0 Å². The van der Waals surface area contributed by atoms with E-state index in [0.717, 1.165) is 19.3 Å². The lowest BCUT2D eigenvalue weighted by Crippen LogP contribution is -2.37. The molecule has 0 unspecified atom stereocenters. The Morgan fingerprint density at radius 2 is 1.93 bits per heavy atom. The van der Waals surface area contributed by atoms with Crippen LogP contribution in [0.2, 0.25) is 0 Å². The molecule has 4 heteroatoms. The Morgan fingerprint density at radius 1 is 1.27 bits per heavy atom. The summed E-state index contributed by atoms with van der Waals surface area (Å²) in [5.41, 5.74) is 4.53. The molecule has 90 valence electrons. The van der Waals surface area contributed by atoms with Crippen LogP contribution in [0.3, 0.4) is 0 Å². The third-order valence-electron chi connectivity index (χ3n) is 2.08. The summed E-state index contributed by atoms with van der Waals surface area (Å²) in [6.07, 6.45) is 2.97. The van der Waals surface area contributed by atoms with Gasteiger partial charge in [0, 0.05) is 6.61 Å². The molecule has 0 saturated heterocycles. The van der Waals surface area contributed by atoms with Gasteiger partial charge < -0.3 is 15.2 Å². The number of esters is 1. The lowest BCUT2D eigenvalue weighted by molar-refractivity contribution is -0.167. The van der Waals surface area contributed by atoms with Crippen LogP contribution in [-0.4, -0.2) is 31.3 Å². The van der Waals surface area contributed by atoms with Gasteiger partial charge in [-0.1, -0.05) is 0 Å². The predicted octanol–water partition coefficient (Wildman–Crippen LogP) is 1.47. The van der Waals surface area contributed by atoms with E-state index in [-0.39, 0.29) is 5.97 Å². The second-order valence-corrected chi connectivity index (χ2v) is 3.93. The Hall–Kier alpha value is -0.610. The van der Waals surface area contributed by atoms with E-state index in [4.69, 9.17) is 15.2 Å². The number of rotatable bonds is 8. The minimum Gasteiger partial charge on any atom is -0.464 e. The fourth-order valence-electron chi connectivity index (χ4n) is 1.11. The summed E-state index contributed by atoms with van der Waals surface area (Å²) in [7, 11) is 0. The lowest BCUT2D eigenvalue weighted by Gasteiger charge is -2.22. The number of hydrogen-bond acceptors (Lipinski definition) is 4. The zero-order chi connectivity index (χ0) is 11.7. The SMILES string of the molecule is CCOC(=O)C(C)(C)OCCCCCN. The van der Waals surface area contributed by atoms with Crippen LogP contribution in [0.1, 0.15) is 40.0 Å². The molecule has 0 aromatic heterocycles. The van der Waals surface area contributed by atoms with Crippen molar-refractivity contribution in [3.63, 3.8) is 0 Å². The van der Waals surface area contributed by atoms with Crippen molar-refractivity contribution in [3.05, 3.63) is 0 Å². The summed E-state index contributed by atoms with van der Waals surface area (Å²) in [6.45, 7) is 6.92. The van der Waals surface area contributed by atoms with Gasteiger partial charge in [-0.15, -0.1) is 0 Å². The highest BCUT2D eigenvalue weighted by Gasteiger charge is 2.29. The van der Waals surface area contributed by atoms with Gasteiger partial charge in [0.05, 0.1) is 6.61 Å². The van der Waals surface area contributed by atoms with Crippen molar-refractivity contribution in [3.8, 4) is 0 Å². The molecule has 0 bridgehead atoms. The van der Waals surface area contributed by atoms with Crippen molar-refractivity contribution in [1.82, 2.24) is 0 Å². The Balaban J connectivity index is 3.68. The molecule has 2 N–H and O–H groups in total. The first-order chi connectivity index (χ1) is 7.04. The van der Waals surface area contributed by atoms with Crippen LogP contribution in [0.4, 0.5) is 0 Å². The van der Waals surface area contributed by atoms with Crippen molar-refractivity contribution >= 4 is 5.97 Å². The second-order valence-electron chi connectivity index (χ2n) is 3.93. The summed E-state index contributed by atoms with van der Waals surface area (Å²) in [5.74, 6) is -0.302. The standard InChI is InChI=1S/C11H23NO3/c1-4-14-10(13)11(2,3)15-9-7-5-6-8-12/h4-9,12H2,1-3H3. The van der Waals surface area contributed by atoms with Gasteiger partial charge in [-0.2, -0.15) is 0 Å². The molecule has 0 radical (unpaired) electrons. The fraction of sp³-hybridized carbons (Fsp3) is 0.909. The van der Waals surface area contributed by atoms with E-state index < -0.39 is 5.60 Å². The Bertz CT molecular complexity index is 181. The first kappa shape index (κ1) is 14.4. The number of carbonyl (C=O) groups excluding carboxylic acids is 1. The number of unbranched alkanes of at least 4 members (excludes halogenated alkanes) is 2. The van der Waals surface area contributed by atoms with E-state index in [9.17, 15) is 4.79 Å². The first-order valence-corrected chi connectivity index (χ1v) is 5.56. The lowest BCUT2D eigenvalue weighted by atomic mass is 10.1. The molecule has 4 nitrogen and oxygen atoms in total. The van der Waals surface area contributed by atoms with Crippen LogP contribution < -0.4 is 5.73 Å². The van der Waals surface area contributed by atoms with E-state index in [0.29, 0.717) is 19.8 Å². The minimum absolute atomic E-state index is 0.302. The molecule has 0 amide bonds. The summed E-state index contributed by atoms with van der Waals surface area (Å²) < 4.78 is 10.4. The van der Waals surface area contributed by atoms with Crippen LogP contribution in [0, 0.1) is 0 Å². The number of ether oxygens (including phenoxy) is 2. The monoisotopic (exact) mass is 217 g/mol. The van der Waals surface area contributed by atoms with Crippen LogP contribution >= 0.6 is 0 Å². The number of carbonyl (C=O) groups is 1. The van der Waals surface area contributed by atoms with E-state index in [1.807, 2.05) is 0 Å². The highest BCUT2D eigenvalue weighted by molar-refractivity contribution is 5.78. The highest BCUT2D eigenvalue weighted by atomic mass is 16.6. The maximum atomic E-state index is 11.4. The van der Waals surface area contributed by atoms with Gasteiger partial charge in [0.1, 0.15) is 0 Å². The Kier molecular flexibility index (Phi) is 7.34. The third kappa shape index (κ3) is 6.47. The average Bonchev–Trinajstić information content (AvgIpc) is 2.18. The summed E-state index contributed by atoms with van der Waals surface area (Å²) in [4.78, 5) is 11.4. The average molecular weight is 217 g/mol. The van der Waals surface area contributed by atoms with Gasteiger partial charge in [0.15, 0.2) is 5.60 Å². The quantitative estimate of drug-likeness (QED) is 0.494. The van der Waals surface area contributed by atoms with Gasteiger partial charge in [0.2, 0.25) is 0 Å². The molecule has 0 saturated carbocycles. The molecule has 0 atom stereocenters. The van der Waals surface area contributed by atoms with Gasteiger partial charge in [-0.05, 0) is 46.6 Å². The Labute approximate surface area is 92.1 Å². The van der Waals surface area contributed by atoms with Gasteiger partial charge in [-0.25, -0.2) is 4.79 Å². The molecule has 0 aliphatic carbocycles. The largest absolute Gasteiger partial charge is 0.464 e. The molecular weight excluding hydrogens is 194 g/mol. The molecule has 0 fully saturated rings. The highest BCUT2D eigenvalue weighted by Crippen LogP contribution is 2.12. The molecule has 0 aliphatic heterocycles. The normalized spacial score (nSPS) is 11.5. The van der Waals surface area contributed by atoms with Crippen LogP contribution in [0.5, 0.6) is 0 Å². The molecule has 0 rings (SSSR count). The molecule has 15 heavy (non-hydrogen) atoms. The van der Waals surface area contributed by atoms with Crippen LogP contribution in [0.15, 0.2) is 0 Å². The third-order valence-corrected chi connectivity index (χ3v) is 2.08. The smallest absolute Gasteiger partial charge is 0.337 e. The van der Waals surface area contributed by atoms with Crippen LogP contribution in [0.25, 0.3) is 0 Å². The van der Waals surface area contributed by atoms with Gasteiger partial charge in [-0.3, -0.25) is 0 Å². The van der Waals surface area contributed by atoms with E-state index >= 15 is 0 Å². The molecule has 0 heterocycles. The zero-order valence-electron chi connectivity index (χ0n) is 10.0. The summed E-state index contributed by atoms with van der Waals surface area (Å²) in [5, 5.41) is 0. The molecule has 0 aromatic carbocycles. The van der Waals surface area contributed by atoms with Gasteiger partial charge >= 0.3 is 5.97 Å².